The number of anilines is 1. The Morgan fingerprint density at radius 2 is 2.00 bits per heavy atom. The number of hydrogen-bond donors (Lipinski definition) is 1. The van der Waals surface area contributed by atoms with Crippen LogP contribution >= 0.6 is 0 Å². The molecule has 0 spiro atoms. The molecule has 0 saturated heterocycles. The lowest BCUT2D eigenvalue weighted by Crippen LogP contribution is -2.12. The van der Waals surface area contributed by atoms with E-state index in [2.05, 4.69) is 15.4 Å². The van der Waals surface area contributed by atoms with E-state index in [0.717, 1.165) is 5.56 Å². The highest BCUT2D eigenvalue weighted by molar-refractivity contribution is 5.32. The van der Waals surface area contributed by atoms with E-state index < -0.39 is 6.43 Å². The summed E-state index contributed by atoms with van der Waals surface area (Å²) in [6.45, 7) is 1.60. The molecular weight excluding hydrogens is 238 g/mol. The molecule has 0 aromatic carbocycles. The van der Waals surface area contributed by atoms with E-state index in [1.165, 1.54) is 0 Å². The third-order valence-corrected chi connectivity index (χ3v) is 2.63. The zero-order chi connectivity index (χ0) is 13.0. The van der Waals surface area contributed by atoms with Crippen LogP contribution in [-0.2, 0) is 0 Å². The van der Waals surface area contributed by atoms with Gasteiger partial charge >= 0.3 is 0 Å². The van der Waals surface area contributed by atoms with Crippen molar-refractivity contribution in [2.24, 2.45) is 0 Å². The molecule has 0 aliphatic heterocycles. The van der Waals surface area contributed by atoms with Crippen molar-refractivity contribution in [3.05, 3.63) is 42.4 Å². The lowest BCUT2D eigenvalue weighted by atomic mass is 10.1. The third-order valence-electron chi connectivity index (χ3n) is 2.63. The first-order valence-corrected chi connectivity index (χ1v) is 5.64. The zero-order valence-electron chi connectivity index (χ0n) is 9.92. The summed E-state index contributed by atoms with van der Waals surface area (Å²) in [6.07, 6.45) is 2.81. The van der Waals surface area contributed by atoms with Gasteiger partial charge in [-0.25, -0.2) is 8.78 Å². The molecule has 0 aliphatic rings. The Morgan fingerprint density at radius 3 is 2.67 bits per heavy atom. The maximum Gasteiger partial charge on any atom is 0.255 e. The normalized spacial score (nSPS) is 12.7. The molecule has 0 bridgehead atoms. The Labute approximate surface area is 104 Å². The molecule has 2 aromatic rings. The summed E-state index contributed by atoms with van der Waals surface area (Å²) in [5.74, 6) is 0.455. The number of pyridine rings is 1. The zero-order valence-corrected chi connectivity index (χ0v) is 9.92. The topological polar surface area (TPSA) is 42.7 Å². The van der Waals surface area contributed by atoms with Gasteiger partial charge in [-0.05, 0) is 24.6 Å². The van der Waals surface area contributed by atoms with Gasteiger partial charge in [0.2, 0.25) is 0 Å². The summed E-state index contributed by atoms with van der Waals surface area (Å²) < 4.78 is 25.8. The Hall–Kier alpha value is -1.98. The van der Waals surface area contributed by atoms with E-state index in [1.807, 2.05) is 19.1 Å². The van der Waals surface area contributed by atoms with Gasteiger partial charge in [-0.3, -0.25) is 9.67 Å². The van der Waals surface area contributed by atoms with Crippen molar-refractivity contribution in [1.82, 2.24) is 14.8 Å². The van der Waals surface area contributed by atoms with Crippen LogP contribution in [0.3, 0.4) is 0 Å². The number of nitrogens with zero attached hydrogens (tertiary/aromatic N) is 3. The lowest BCUT2D eigenvalue weighted by Gasteiger charge is -2.12. The summed E-state index contributed by atoms with van der Waals surface area (Å²) in [5, 5.41) is 6.79. The predicted octanol–water partition coefficient (Wildman–Crippen LogP) is 2.56. The molecule has 0 fully saturated rings. The van der Waals surface area contributed by atoms with Gasteiger partial charge in [-0.15, -0.1) is 0 Å². The van der Waals surface area contributed by atoms with Gasteiger partial charge in [-0.1, -0.05) is 0 Å². The summed E-state index contributed by atoms with van der Waals surface area (Å²) in [6, 6.07) is 5.52. The van der Waals surface area contributed by atoms with Gasteiger partial charge in [0.15, 0.2) is 0 Å². The number of rotatable bonds is 5. The van der Waals surface area contributed by atoms with Crippen molar-refractivity contribution >= 4 is 5.82 Å². The van der Waals surface area contributed by atoms with Crippen LogP contribution in [0.2, 0.25) is 0 Å². The molecule has 0 saturated carbocycles. The minimum atomic E-state index is -2.38. The summed E-state index contributed by atoms with van der Waals surface area (Å²) >= 11 is 0. The van der Waals surface area contributed by atoms with Crippen LogP contribution in [0.4, 0.5) is 14.6 Å². The molecule has 0 amide bonds. The second-order valence-corrected chi connectivity index (χ2v) is 3.91. The maximum atomic E-state index is 12.0. The van der Waals surface area contributed by atoms with Crippen LogP contribution < -0.4 is 5.32 Å². The second kappa shape index (κ2) is 5.57. The number of alkyl halides is 2. The quantitative estimate of drug-likeness (QED) is 0.889. The predicted molar refractivity (Wildman–Crippen MR) is 64.8 cm³/mol. The van der Waals surface area contributed by atoms with Crippen LogP contribution in [0.1, 0.15) is 18.5 Å². The Kier molecular flexibility index (Phi) is 3.86. The molecule has 6 heteroatoms. The first-order valence-electron chi connectivity index (χ1n) is 5.64. The van der Waals surface area contributed by atoms with E-state index in [9.17, 15) is 8.78 Å². The van der Waals surface area contributed by atoms with E-state index in [0.29, 0.717) is 5.82 Å². The van der Waals surface area contributed by atoms with Crippen molar-refractivity contribution < 1.29 is 8.78 Å². The maximum absolute atomic E-state index is 12.0. The van der Waals surface area contributed by atoms with E-state index in [4.69, 9.17) is 0 Å². The summed E-state index contributed by atoms with van der Waals surface area (Å²) in [4.78, 5) is 3.95. The average Bonchev–Trinajstić information content (AvgIpc) is 2.85. The SMILES string of the molecule is C[C@H](c1ccncc1)n1ccc(NCC(F)F)n1. The largest absolute Gasteiger partial charge is 0.363 e. The highest BCUT2D eigenvalue weighted by atomic mass is 19.3. The van der Waals surface area contributed by atoms with E-state index in [1.54, 1.807) is 29.3 Å². The third kappa shape index (κ3) is 3.03. The van der Waals surface area contributed by atoms with Crippen molar-refractivity contribution in [1.29, 1.82) is 0 Å². The van der Waals surface area contributed by atoms with Gasteiger partial charge in [0.1, 0.15) is 5.82 Å². The van der Waals surface area contributed by atoms with Crippen LogP contribution in [0.25, 0.3) is 0 Å². The van der Waals surface area contributed by atoms with Crippen molar-refractivity contribution in [2.45, 2.75) is 19.4 Å². The molecule has 18 heavy (non-hydrogen) atoms. The highest BCUT2D eigenvalue weighted by Gasteiger charge is 2.09. The molecule has 0 unspecified atom stereocenters. The average molecular weight is 252 g/mol. The molecule has 2 heterocycles. The lowest BCUT2D eigenvalue weighted by molar-refractivity contribution is 0.163. The molecule has 96 valence electrons. The van der Waals surface area contributed by atoms with Crippen molar-refractivity contribution in [2.75, 3.05) is 11.9 Å². The number of halogens is 2. The molecular formula is C12H14F2N4. The molecule has 2 aromatic heterocycles. The fourth-order valence-corrected chi connectivity index (χ4v) is 1.62. The van der Waals surface area contributed by atoms with Crippen LogP contribution in [0.5, 0.6) is 0 Å². The van der Waals surface area contributed by atoms with E-state index >= 15 is 0 Å². The van der Waals surface area contributed by atoms with E-state index in [-0.39, 0.29) is 12.6 Å². The van der Waals surface area contributed by atoms with Gasteiger partial charge in [0.25, 0.3) is 6.43 Å². The van der Waals surface area contributed by atoms with Gasteiger partial charge < -0.3 is 5.32 Å². The molecule has 4 nitrogen and oxygen atoms in total. The minimum absolute atomic E-state index is 0.0371. The molecule has 1 N–H and O–H groups in total. The molecule has 1 atom stereocenters. The fraction of sp³-hybridized carbons (Fsp3) is 0.333. The summed E-state index contributed by atoms with van der Waals surface area (Å²) in [7, 11) is 0. The first kappa shape index (κ1) is 12.5. The van der Waals surface area contributed by atoms with Crippen LogP contribution in [-0.4, -0.2) is 27.7 Å². The number of hydrogen-bond acceptors (Lipinski definition) is 3. The Bertz CT molecular complexity index is 484. The molecule has 0 aliphatic carbocycles. The minimum Gasteiger partial charge on any atom is -0.363 e. The van der Waals surface area contributed by atoms with Crippen molar-refractivity contribution in [3.63, 3.8) is 0 Å². The monoisotopic (exact) mass is 252 g/mol. The number of aromatic nitrogens is 3. The Balaban J connectivity index is 2.06. The van der Waals surface area contributed by atoms with Crippen LogP contribution in [0.15, 0.2) is 36.8 Å². The van der Waals surface area contributed by atoms with Crippen molar-refractivity contribution in [3.8, 4) is 0 Å². The second-order valence-electron chi connectivity index (χ2n) is 3.91. The fourth-order valence-electron chi connectivity index (χ4n) is 1.62. The van der Waals surface area contributed by atoms with Gasteiger partial charge in [0.05, 0.1) is 12.6 Å². The first-order chi connectivity index (χ1) is 8.66. The number of nitrogens with one attached hydrogen (secondary N) is 1. The molecule has 2 rings (SSSR count). The van der Waals surface area contributed by atoms with Crippen LogP contribution in [0, 0.1) is 0 Å². The smallest absolute Gasteiger partial charge is 0.255 e. The Morgan fingerprint density at radius 1 is 1.28 bits per heavy atom. The highest BCUT2D eigenvalue weighted by Crippen LogP contribution is 2.17. The van der Waals surface area contributed by atoms with Gasteiger partial charge in [0, 0.05) is 24.7 Å². The van der Waals surface area contributed by atoms with Gasteiger partial charge in [-0.2, -0.15) is 5.10 Å². The standard InChI is InChI=1S/C12H14F2N4/c1-9(10-2-5-15-6-3-10)18-7-4-12(17-18)16-8-11(13)14/h2-7,9,11H,8H2,1H3,(H,16,17)/t9-/m1/s1. The summed E-state index contributed by atoms with van der Waals surface area (Å²) in [5.41, 5.74) is 1.06. The molecule has 0 radical (unpaired) electrons.